The van der Waals surface area contributed by atoms with E-state index in [1.807, 2.05) is 0 Å². The molecule has 0 saturated carbocycles. The summed E-state index contributed by atoms with van der Waals surface area (Å²) in [6.45, 7) is 0.165. The van der Waals surface area contributed by atoms with Crippen molar-refractivity contribution in [3.05, 3.63) is 87.5 Å². The number of aromatic carboxylic acids is 1. The van der Waals surface area contributed by atoms with Gasteiger partial charge in [0.1, 0.15) is 11.5 Å². The predicted octanol–water partition coefficient (Wildman–Crippen LogP) is 5.53. The SMILES string of the molecule is O=C(O)c1ccc(-c2ccc(/C=C3\SC(=O)N(Cc4ccc(Cl)cc4)C3=O)o2)cc1. The van der Waals surface area contributed by atoms with Crippen LogP contribution in [-0.2, 0) is 11.3 Å². The number of carboxylic acid groups (broad SMARTS) is 1. The zero-order valence-electron chi connectivity index (χ0n) is 15.4. The van der Waals surface area contributed by atoms with E-state index in [1.54, 1.807) is 48.5 Å². The van der Waals surface area contributed by atoms with Crippen molar-refractivity contribution >= 4 is 46.6 Å². The Hall–Kier alpha value is -3.29. The number of halogens is 1. The number of rotatable bonds is 5. The van der Waals surface area contributed by atoms with Gasteiger partial charge in [-0.05, 0) is 53.7 Å². The lowest BCUT2D eigenvalue weighted by Crippen LogP contribution is -2.27. The second kappa shape index (κ2) is 8.22. The second-order valence-electron chi connectivity index (χ2n) is 6.48. The molecule has 1 fully saturated rings. The average Bonchev–Trinajstić information content (AvgIpc) is 3.30. The minimum absolute atomic E-state index is 0.165. The number of hydrogen-bond donors (Lipinski definition) is 1. The highest BCUT2D eigenvalue weighted by molar-refractivity contribution is 8.18. The lowest BCUT2D eigenvalue weighted by molar-refractivity contribution is -0.123. The molecule has 1 aliphatic heterocycles. The highest BCUT2D eigenvalue weighted by Gasteiger charge is 2.35. The molecule has 2 aromatic carbocycles. The molecule has 6 nitrogen and oxygen atoms in total. The number of carbonyl (C=O) groups excluding carboxylic acids is 2. The smallest absolute Gasteiger partial charge is 0.335 e. The number of benzene rings is 2. The quantitative estimate of drug-likeness (QED) is 0.525. The zero-order valence-corrected chi connectivity index (χ0v) is 16.9. The van der Waals surface area contributed by atoms with E-state index < -0.39 is 5.97 Å². The molecule has 1 saturated heterocycles. The van der Waals surface area contributed by atoms with E-state index in [0.29, 0.717) is 22.1 Å². The summed E-state index contributed by atoms with van der Waals surface area (Å²) < 4.78 is 5.75. The zero-order chi connectivity index (χ0) is 21.3. The molecule has 0 radical (unpaired) electrons. The number of furan rings is 1. The third kappa shape index (κ3) is 4.17. The number of carbonyl (C=O) groups is 3. The summed E-state index contributed by atoms with van der Waals surface area (Å²) in [5.41, 5.74) is 1.68. The number of thioether (sulfide) groups is 1. The fourth-order valence-electron chi connectivity index (χ4n) is 2.90. The second-order valence-corrected chi connectivity index (χ2v) is 7.91. The van der Waals surface area contributed by atoms with Gasteiger partial charge < -0.3 is 9.52 Å². The first-order chi connectivity index (χ1) is 14.4. The fraction of sp³-hybridized carbons (Fsp3) is 0.0455. The van der Waals surface area contributed by atoms with Crippen LogP contribution >= 0.6 is 23.4 Å². The Morgan fingerprint density at radius 3 is 2.40 bits per heavy atom. The van der Waals surface area contributed by atoms with Crippen LogP contribution < -0.4 is 0 Å². The van der Waals surface area contributed by atoms with E-state index in [1.165, 1.54) is 23.1 Å². The third-order valence-corrected chi connectivity index (χ3v) is 5.60. The van der Waals surface area contributed by atoms with Crippen LogP contribution in [0.1, 0.15) is 21.7 Å². The Bertz CT molecular complexity index is 1160. The summed E-state index contributed by atoms with van der Waals surface area (Å²) in [5, 5.41) is 9.21. The van der Waals surface area contributed by atoms with Gasteiger partial charge in [-0.3, -0.25) is 14.5 Å². The van der Waals surface area contributed by atoms with E-state index in [9.17, 15) is 14.4 Å². The van der Waals surface area contributed by atoms with Gasteiger partial charge in [0.2, 0.25) is 0 Å². The van der Waals surface area contributed by atoms with E-state index in [-0.39, 0.29) is 28.2 Å². The monoisotopic (exact) mass is 439 g/mol. The van der Waals surface area contributed by atoms with Crippen molar-refractivity contribution in [2.24, 2.45) is 0 Å². The Balaban J connectivity index is 1.51. The van der Waals surface area contributed by atoms with Crippen molar-refractivity contribution in [1.29, 1.82) is 0 Å². The standard InChI is InChI=1S/C22H14ClNO5S/c23-16-7-1-13(2-8-16)12-24-20(25)19(30-22(24)28)11-17-9-10-18(29-17)14-3-5-15(6-4-14)21(26)27/h1-11H,12H2,(H,26,27)/b19-11-. The molecule has 4 rings (SSSR count). The highest BCUT2D eigenvalue weighted by Crippen LogP contribution is 2.34. The van der Waals surface area contributed by atoms with Crippen molar-refractivity contribution < 1.29 is 23.9 Å². The van der Waals surface area contributed by atoms with Crippen molar-refractivity contribution in [3.8, 4) is 11.3 Å². The number of carboxylic acids is 1. The largest absolute Gasteiger partial charge is 0.478 e. The van der Waals surface area contributed by atoms with Crippen LogP contribution in [0.25, 0.3) is 17.4 Å². The summed E-state index contributed by atoms with van der Waals surface area (Å²) in [4.78, 5) is 37.4. The molecule has 0 spiro atoms. The predicted molar refractivity (Wildman–Crippen MR) is 114 cm³/mol. The molecule has 0 unspecified atom stereocenters. The lowest BCUT2D eigenvalue weighted by Gasteiger charge is -2.12. The number of amides is 2. The van der Waals surface area contributed by atoms with Crippen LogP contribution in [0.15, 0.2) is 70.0 Å². The molecule has 0 atom stereocenters. The van der Waals surface area contributed by atoms with Crippen LogP contribution in [-0.4, -0.2) is 27.1 Å². The van der Waals surface area contributed by atoms with Gasteiger partial charge in [-0.1, -0.05) is 35.9 Å². The Labute approximate surface area is 180 Å². The maximum atomic E-state index is 12.7. The van der Waals surface area contributed by atoms with E-state index >= 15 is 0 Å². The van der Waals surface area contributed by atoms with E-state index in [0.717, 1.165) is 17.3 Å². The molecule has 3 aromatic rings. The van der Waals surface area contributed by atoms with Crippen molar-refractivity contribution in [3.63, 3.8) is 0 Å². The summed E-state index contributed by atoms with van der Waals surface area (Å²) in [6, 6.07) is 16.6. The van der Waals surface area contributed by atoms with Gasteiger partial charge in [0, 0.05) is 16.7 Å². The van der Waals surface area contributed by atoms with E-state index in [4.69, 9.17) is 21.1 Å². The Kier molecular flexibility index (Phi) is 5.48. The van der Waals surface area contributed by atoms with Crippen LogP contribution in [0, 0.1) is 0 Å². The molecule has 1 N–H and O–H groups in total. The minimum Gasteiger partial charge on any atom is -0.478 e. The first-order valence-electron chi connectivity index (χ1n) is 8.84. The molecule has 0 aliphatic carbocycles. The van der Waals surface area contributed by atoms with E-state index in [2.05, 4.69) is 0 Å². The van der Waals surface area contributed by atoms with Crippen molar-refractivity contribution in [2.45, 2.75) is 6.54 Å². The molecule has 1 aromatic heterocycles. The molecule has 1 aliphatic rings. The molecule has 0 bridgehead atoms. The third-order valence-electron chi connectivity index (χ3n) is 4.44. The summed E-state index contributed by atoms with van der Waals surface area (Å²) in [5.74, 6) is -0.442. The van der Waals surface area contributed by atoms with Crippen LogP contribution in [0.5, 0.6) is 0 Å². The number of imide groups is 1. The van der Waals surface area contributed by atoms with Gasteiger partial charge in [0.05, 0.1) is 17.0 Å². The highest BCUT2D eigenvalue weighted by atomic mass is 35.5. The molecule has 2 heterocycles. The fourth-order valence-corrected chi connectivity index (χ4v) is 3.84. The lowest BCUT2D eigenvalue weighted by atomic mass is 10.1. The summed E-state index contributed by atoms with van der Waals surface area (Å²) >= 11 is 6.73. The van der Waals surface area contributed by atoms with Crippen molar-refractivity contribution in [1.82, 2.24) is 4.90 Å². The van der Waals surface area contributed by atoms with Gasteiger partial charge in [-0.2, -0.15) is 0 Å². The first-order valence-corrected chi connectivity index (χ1v) is 10.0. The maximum Gasteiger partial charge on any atom is 0.335 e. The van der Waals surface area contributed by atoms with Gasteiger partial charge >= 0.3 is 5.97 Å². The Morgan fingerprint density at radius 2 is 1.73 bits per heavy atom. The van der Waals surface area contributed by atoms with Crippen molar-refractivity contribution in [2.75, 3.05) is 0 Å². The molecule has 150 valence electrons. The Morgan fingerprint density at radius 1 is 1.03 bits per heavy atom. The van der Waals surface area contributed by atoms with Gasteiger partial charge in [-0.25, -0.2) is 4.79 Å². The summed E-state index contributed by atoms with van der Waals surface area (Å²) in [7, 11) is 0. The topological polar surface area (TPSA) is 87.8 Å². The molecular weight excluding hydrogens is 426 g/mol. The molecular formula is C22H14ClNO5S. The van der Waals surface area contributed by atoms with Gasteiger partial charge in [0.15, 0.2) is 0 Å². The summed E-state index contributed by atoms with van der Waals surface area (Å²) in [6.07, 6.45) is 1.53. The average molecular weight is 440 g/mol. The number of hydrogen-bond acceptors (Lipinski definition) is 5. The molecule has 2 amide bonds. The molecule has 8 heteroatoms. The van der Waals surface area contributed by atoms with Crippen LogP contribution in [0.3, 0.4) is 0 Å². The number of nitrogens with zero attached hydrogens (tertiary/aromatic N) is 1. The molecule has 30 heavy (non-hydrogen) atoms. The minimum atomic E-state index is -1.00. The van der Waals surface area contributed by atoms with Crippen LogP contribution in [0.2, 0.25) is 5.02 Å². The van der Waals surface area contributed by atoms with Gasteiger partial charge in [0.25, 0.3) is 11.1 Å². The first kappa shape index (κ1) is 20.0. The van der Waals surface area contributed by atoms with Gasteiger partial charge in [-0.15, -0.1) is 0 Å². The maximum absolute atomic E-state index is 12.7. The van der Waals surface area contributed by atoms with Crippen LogP contribution in [0.4, 0.5) is 4.79 Å². The normalized spacial score (nSPS) is 15.2.